The molecule has 0 radical (unpaired) electrons. The first-order valence-electron chi connectivity index (χ1n) is 6.24. The molecule has 0 saturated carbocycles. The molecule has 1 atom stereocenters. The second kappa shape index (κ2) is 6.80. The fourth-order valence-electron chi connectivity index (χ4n) is 1.65. The van der Waals surface area contributed by atoms with E-state index in [0.29, 0.717) is 30.1 Å². The highest BCUT2D eigenvalue weighted by Gasteiger charge is 2.19. The summed E-state index contributed by atoms with van der Waals surface area (Å²) in [5.41, 5.74) is 5.80. The number of nitrogens with zero attached hydrogens (tertiary/aromatic N) is 2. The zero-order chi connectivity index (χ0) is 13.7. The molecule has 0 aromatic carbocycles. The molecule has 0 fully saturated rings. The quantitative estimate of drug-likeness (QED) is 0.796. The maximum absolute atomic E-state index is 5.80. The SMILES string of the molecule is CCOc1c(N)nsc1NC(CN(C)C)C(C)C. The zero-order valence-corrected chi connectivity index (χ0v) is 12.7. The van der Waals surface area contributed by atoms with Crippen molar-refractivity contribution in [3.05, 3.63) is 0 Å². The van der Waals surface area contributed by atoms with Gasteiger partial charge in [0, 0.05) is 12.6 Å². The van der Waals surface area contributed by atoms with E-state index in [0.717, 1.165) is 11.5 Å². The summed E-state index contributed by atoms with van der Waals surface area (Å²) in [7, 11) is 4.14. The van der Waals surface area contributed by atoms with Crippen molar-refractivity contribution in [2.45, 2.75) is 26.8 Å². The van der Waals surface area contributed by atoms with Gasteiger partial charge in [0.2, 0.25) is 0 Å². The Kier molecular flexibility index (Phi) is 5.68. The van der Waals surface area contributed by atoms with Gasteiger partial charge < -0.3 is 20.7 Å². The lowest BCUT2D eigenvalue weighted by Crippen LogP contribution is -2.36. The van der Waals surface area contributed by atoms with Gasteiger partial charge in [0.1, 0.15) is 0 Å². The van der Waals surface area contributed by atoms with Crippen molar-refractivity contribution in [2.75, 3.05) is 38.3 Å². The average Bonchev–Trinajstić information content (AvgIpc) is 2.60. The molecule has 0 aliphatic rings. The fourth-order valence-corrected chi connectivity index (χ4v) is 2.38. The number of nitrogen functional groups attached to an aromatic ring is 1. The van der Waals surface area contributed by atoms with Crippen LogP contribution in [0.1, 0.15) is 20.8 Å². The van der Waals surface area contributed by atoms with Gasteiger partial charge in [-0.25, -0.2) is 0 Å². The molecule has 3 N–H and O–H groups in total. The Morgan fingerprint density at radius 1 is 1.44 bits per heavy atom. The van der Waals surface area contributed by atoms with Crippen molar-refractivity contribution in [1.29, 1.82) is 0 Å². The number of hydrogen-bond acceptors (Lipinski definition) is 6. The van der Waals surface area contributed by atoms with Crippen LogP contribution in [-0.2, 0) is 0 Å². The summed E-state index contributed by atoms with van der Waals surface area (Å²) in [5, 5.41) is 4.42. The highest BCUT2D eigenvalue weighted by Crippen LogP contribution is 2.36. The number of ether oxygens (including phenoxy) is 1. The second-order valence-electron chi connectivity index (χ2n) is 4.92. The molecular weight excluding hydrogens is 248 g/mol. The number of likely N-dealkylation sites (N-methyl/N-ethyl adjacent to an activating group) is 1. The standard InChI is InChI=1S/C12H24N4OS/c1-6-17-10-11(13)15-18-12(10)14-9(8(2)3)7-16(4)5/h8-9,14H,6-7H2,1-5H3,(H2,13,15). The largest absolute Gasteiger partial charge is 0.487 e. The van der Waals surface area contributed by atoms with Gasteiger partial charge in [-0.3, -0.25) is 0 Å². The molecular formula is C12H24N4OS. The summed E-state index contributed by atoms with van der Waals surface area (Å²) >= 11 is 1.36. The lowest BCUT2D eigenvalue weighted by atomic mass is 10.0. The number of hydrogen-bond donors (Lipinski definition) is 2. The molecule has 104 valence electrons. The van der Waals surface area contributed by atoms with Gasteiger partial charge in [-0.2, -0.15) is 4.37 Å². The van der Waals surface area contributed by atoms with E-state index >= 15 is 0 Å². The van der Waals surface area contributed by atoms with E-state index in [1.807, 2.05) is 6.92 Å². The van der Waals surface area contributed by atoms with Crippen LogP contribution in [-0.4, -0.2) is 42.6 Å². The van der Waals surface area contributed by atoms with Crippen LogP contribution in [0.3, 0.4) is 0 Å². The third kappa shape index (κ3) is 4.03. The first kappa shape index (κ1) is 15.0. The van der Waals surface area contributed by atoms with Crippen LogP contribution in [0.25, 0.3) is 0 Å². The van der Waals surface area contributed by atoms with Crippen LogP contribution in [0, 0.1) is 5.92 Å². The molecule has 1 aromatic rings. The van der Waals surface area contributed by atoms with Gasteiger partial charge >= 0.3 is 0 Å². The van der Waals surface area contributed by atoms with E-state index in [2.05, 4.69) is 42.5 Å². The Hall–Kier alpha value is -1.01. The number of anilines is 2. The van der Waals surface area contributed by atoms with Crippen LogP contribution in [0.2, 0.25) is 0 Å². The molecule has 0 spiro atoms. The van der Waals surface area contributed by atoms with Crippen molar-refractivity contribution >= 4 is 22.4 Å². The molecule has 0 saturated heterocycles. The minimum atomic E-state index is 0.346. The van der Waals surface area contributed by atoms with Gasteiger partial charge in [-0.15, -0.1) is 0 Å². The van der Waals surface area contributed by atoms with Crippen molar-refractivity contribution in [2.24, 2.45) is 5.92 Å². The average molecular weight is 272 g/mol. The predicted octanol–water partition coefficient (Wildman–Crippen LogP) is 2.12. The van der Waals surface area contributed by atoms with Gasteiger partial charge in [0.05, 0.1) is 6.61 Å². The summed E-state index contributed by atoms with van der Waals surface area (Å²) in [6.45, 7) is 7.90. The first-order chi connectivity index (χ1) is 8.45. The Bertz CT molecular complexity index is 365. The second-order valence-corrected chi connectivity index (χ2v) is 5.69. The Balaban J connectivity index is 2.80. The number of aromatic nitrogens is 1. The molecule has 1 heterocycles. The maximum Gasteiger partial charge on any atom is 0.197 e. The van der Waals surface area contributed by atoms with Gasteiger partial charge in [0.15, 0.2) is 16.6 Å². The highest BCUT2D eigenvalue weighted by atomic mass is 32.1. The summed E-state index contributed by atoms with van der Waals surface area (Å²) in [6, 6.07) is 0.346. The van der Waals surface area contributed by atoms with E-state index in [1.54, 1.807) is 0 Å². The van der Waals surface area contributed by atoms with E-state index in [-0.39, 0.29) is 0 Å². The lowest BCUT2D eigenvalue weighted by molar-refractivity contribution is 0.335. The van der Waals surface area contributed by atoms with E-state index in [4.69, 9.17) is 10.5 Å². The van der Waals surface area contributed by atoms with E-state index in [9.17, 15) is 0 Å². The van der Waals surface area contributed by atoms with Crippen LogP contribution in [0.4, 0.5) is 10.8 Å². The van der Waals surface area contributed by atoms with E-state index < -0.39 is 0 Å². The third-order valence-corrected chi connectivity index (χ3v) is 3.42. The predicted molar refractivity (Wildman–Crippen MR) is 78.5 cm³/mol. The first-order valence-corrected chi connectivity index (χ1v) is 7.02. The van der Waals surface area contributed by atoms with Crippen molar-refractivity contribution < 1.29 is 4.74 Å². The smallest absolute Gasteiger partial charge is 0.197 e. The minimum absolute atomic E-state index is 0.346. The van der Waals surface area contributed by atoms with Gasteiger partial charge in [-0.1, -0.05) is 13.8 Å². The summed E-state index contributed by atoms with van der Waals surface area (Å²) < 4.78 is 9.69. The third-order valence-electron chi connectivity index (χ3n) is 2.65. The molecule has 0 aliphatic heterocycles. The molecule has 5 nitrogen and oxygen atoms in total. The molecule has 1 aromatic heterocycles. The Labute approximate surface area is 113 Å². The number of rotatable bonds is 7. The number of nitrogens with two attached hydrogens (primary N) is 1. The monoisotopic (exact) mass is 272 g/mol. The van der Waals surface area contributed by atoms with Crippen molar-refractivity contribution in [3.63, 3.8) is 0 Å². The maximum atomic E-state index is 5.80. The summed E-state index contributed by atoms with van der Waals surface area (Å²) in [6.07, 6.45) is 0. The molecule has 0 bridgehead atoms. The van der Waals surface area contributed by atoms with Gasteiger partial charge in [-0.05, 0) is 38.5 Å². The zero-order valence-electron chi connectivity index (χ0n) is 11.9. The number of nitrogens with one attached hydrogen (secondary N) is 1. The molecule has 6 heteroatoms. The summed E-state index contributed by atoms with van der Waals surface area (Å²) in [4.78, 5) is 2.17. The van der Waals surface area contributed by atoms with E-state index in [1.165, 1.54) is 11.5 Å². The molecule has 0 amide bonds. The topological polar surface area (TPSA) is 63.4 Å². The summed E-state index contributed by atoms with van der Waals surface area (Å²) in [5.74, 6) is 1.67. The van der Waals surface area contributed by atoms with Crippen LogP contribution in [0.5, 0.6) is 5.75 Å². The van der Waals surface area contributed by atoms with Crippen molar-refractivity contribution in [1.82, 2.24) is 9.27 Å². The minimum Gasteiger partial charge on any atom is -0.487 e. The van der Waals surface area contributed by atoms with Gasteiger partial charge in [0.25, 0.3) is 0 Å². The van der Waals surface area contributed by atoms with Crippen LogP contribution >= 0.6 is 11.5 Å². The molecule has 18 heavy (non-hydrogen) atoms. The van der Waals surface area contributed by atoms with Crippen molar-refractivity contribution in [3.8, 4) is 5.75 Å². The Morgan fingerprint density at radius 3 is 2.61 bits per heavy atom. The fraction of sp³-hybridized carbons (Fsp3) is 0.750. The highest BCUT2D eigenvalue weighted by molar-refractivity contribution is 7.11. The molecule has 1 unspecified atom stereocenters. The Morgan fingerprint density at radius 2 is 2.11 bits per heavy atom. The van der Waals surface area contributed by atoms with Crippen LogP contribution < -0.4 is 15.8 Å². The normalized spacial score (nSPS) is 13.1. The lowest BCUT2D eigenvalue weighted by Gasteiger charge is -2.26. The van der Waals surface area contributed by atoms with Crippen LogP contribution in [0.15, 0.2) is 0 Å². The molecule has 1 rings (SSSR count). The molecule has 0 aliphatic carbocycles.